The predicted octanol–water partition coefficient (Wildman–Crippen LogP) is -3.08. The van der Waals surface area contributed by atoms with Crippen molar-refractivity contribution >= 4 is 15.2 Å². The van der Waals surface area contributed by atoms with Gasteiger partial charge in [0.05, 0.1) is 0 Å². The number of aliphatic hydroxyl groups is 1. The Morgan fingerprint density at radius 2 is 1.80 bits per heavy atom. The first-order chi connectivity index (χ1) is 8.45. The Bertz CT molecular complexity index is 347. The van der Waals surface area contributed by atoms with E-state index < -0.39 is 26.7 Å². The molecule has 0 rings (SSSR count). The summed E-state index contributed by atoms with van der Waals surface area (Å²) in [7, 11) is -11.0. The molecular formula is C9H22NNaO7P2. The second kappa shape index (κ2) is 9.38. The Morgan fingerprint density at radius 1 is 1.30 bits per heavy atom. The topological polar surface area (TPSA) is 150 Å². The second-order valence-electron chi connectivity index (χ2n) is 4.59. The average Bonchev–Trinajstić information content (AvgIpc) is 2.22. The molecule has 0 spiro atoms. The van der Waals surface area contributed by atoms with Gasteiger partial charge in [-0.1, -0.05) is 19.8 Å². The summed E-state index contributed by atoms with van der Waals surface area (Å²) in [4.78, 5) is 37.5. The third-order valence-electron chi connectivity index (χ3n) is 2.86. The van der Waals surface area contributed by atoms with E-state index in [1.807, 2.05) is 13.8 Å². The maximum Gasteiger partial charge on any atom is 1.00 e. The van der Waals surface area contributed by atoms with Crippen molar-refractivity contribution in [1.82, 2.24) is 5.32 Å². The van der Waals surface area contributed by atoms with Gasteiger partial charge in [0.1, 0.15) is 0 Å². The molecule has 8 nitrogen and oxygen atoms in total. The van der Waals surface area contributed by atoms with E-state index in [2.05, 4.69) is 5.32 Å². The molecule has 0 aliphatic carbocycles. The molecule has 3 unspecified atom stereocenters. The zero-order valence-corrected chi connectivity index (χ0v) is 15.8. The molecule has 0 bridgehead atoms. The first-order valence-corrected chi connectivity index (χ1v) is 9.20. The van der Waals surface area contributed by atoms with Gasteiger partial charge >= 0.3 is 37.2 Å². The van der Waals surface area contributed by atoms with Gasteiger partial charge in [0.25, 0.3) is 0 Å². The van der Waals surface area contributed by atoms with Crippen LogP contribution in [0.1, 0.15) is 39.5 Å². The molecule has 3 atom stereocenters. The first-order valence-electron chi connectivity index (χ1n) is 6.01. The van der Waals surface area contributed by atoms with Crippen LogP contribution in [0.5, 0.6) is 0 Å². The molecule has 20 heavy (non-hydrogen) atoms. The van der Waals surface area contributed by atoms with Crippen molar-refractivity contribution in [3.63, 3.8) is 0 Å². The zero-order chi connectivity index (χ0) is 15.3. The van der Waals surface area contributed by atoms with Crippen LogP contribution in [-0.2, 0) is 9.13 Å². The van der Waals surface area contributed by atoms with Crippen molar-refractivity contribution in [1.29, 1.82) is 0 Å². The quantitative estimate of drug-likeness (QED) is 0.219. The van der Waals surface area contributed by atoms with E-state index in [1.165, 1.54) is 0 Å². The molecule has 0 heterocycles. The van der Waals surface area contributed by atoms with Gasteiger partial charge in [0, 0.05) is 12.5 Å². The molecule has 0 aromatic rings. The molecule has 0 aliphatic heterocycles. The fourth-order valence-electron chi connectivity index (χ4n) is 1.55. The molecule has 116 valence electrons. The molecule has 5 N–H and O–H groups in total. The SMILES string of the molecule is CCCCC(C)NCCC(O)(P(=O)([O-])O)P(=O)(O)O.[Na+]. The standard InChI is InChI=1S/C9H23NO7P2.Na/c1-3-4-5-8(2)10-7-6-9(11,18(12,13)14)19(15,16)17;/h8,10-11H,3-7H2,1-2H3,(H2,12,13,14)(H2,15,16,17);/q;+1/p-1. The Kier molecular flexibility index (Phi) is 11.0. The Labute approximate surface area is 141 Å². The third kappa shape index (κ3) is 6.99. The number of hydrogen-bond acceptors (Lipinski definition) is 5. The second-order valence-corrected chi connectivity index (χ2v) is 8.55. The summed E-state index contributed by atoms with van der Waals surface area (Å²) in [5.74, 6) is 0. The van der Waals surface area contributed by atoms with Crippen LogP contribution >= 0.6 is 15.2 Å². The molecule has 0 saturated carbocycles. The molecule has 0 saturated heterocycles. The summed E-state index contributed by atoms with van der Waals surface area (Å²) in [6, 6.07) is 0.0192. The van der Waals surface area contributed by atoms with E-state index in [1.54, 1.807) is 0 Å². The van der Waals surface area contributed by atoms with E-state index in [0.29, 0.717) is 0 Å². The molecule has 0 aliphatic rings. The summed E-state index contributed by atoms with van der Waals surface area (Å²) in [5.41, 5.74) is 0. The van der Waals surface area contributed by atoms with Crippen LogP contribution < -0.4 is 39.8 Å². The van der Waals surface area contributed by atoms with Crippen LogP contribution in [0.2, 0.25) is 0 Å². The number of rotatable bonds is 9. The zero-order valence-electron chi connectivity index (χ0n) is 12.0. The summed E-state index contributed by atoms with van der Waals surface area (Å²) >= 11 is 0. The fraction of sp³-hybridized carbons (Fsp3) is 1.00. The fourth-order valence-corrected chi connectivity index (χ4v) is 3.66. The summed E-state index contributed by atoms with van der Waals surface area (Å²) < 4.78 is 22.0. The van der Waals surface area contributed by atoms with Crippen molar-refractivity contribution in [3.05, 3.63) is 0 Å². The van der Waals surface area contributed by atoms with Gasteiger partial charge in [0.2, 0.25) is 5.08 Å². The van der Waals surface area contributed by atoms with Gasteiger partial charge in [-0.3, -0.25) is 4.57 Å². The largest absolute Gasteiger partial charge is 1.00 e. The van der Waals surface area contributed by atoms with Gasteiger partial charge in [-0.05, 0) is 19.9 Å². The summed E-state index contributed by atoms with van der Waals surface area (Å²) in [6.07, 6.45) is 1.98. The minimum absolute atomic E-state index is 0. The molecular weight excluding hydrogens is 319 g/mol. The number of hydrogen-bond donors (Lipinski definition) is 5. The Balaban J connectivity index is 0. The minimum Gasteiger partial charge on any atom is -0.776 e. The van der Waals surface area contributed by atoms with Crippen molar-refractivity contribution in [2.24, 2.45) is 0 Å². The molecule has 0 aromatic carbocycles. The van der Waals surface area contributed by atoms with Crippen LogP contribution in [0, 0.1) is 0 Å². The Hall–Kier alpha value is 1.22. The van der Waals surface area contributed by atoms with E-state index in [0.717, 1.165) is 19.3 Å². The van der Waals surface area contributed by atoms with Crippen molar-refractivity contribution < 1.29 is 63.4 Å². The Morgan fingerprint density at radius 3 is 2.15 bits per heavy atom. The van der Waals surface area contributed by atoms with Gasteiger partial charge in [-0.2, -0.15) is 0 Å². The smallest absolute Gasteiger partial charge is 0.776 e. The summed E-state index contributed by atoms with van der Waals surface area (Å²) in [5, 5.41) is 8.95. The van der Waals surface area contributed by atoms with Crippen molar-refractivity contribution in [3.8, 4) is 0 Å². The van der Waals surface area contributed by atoms with E-state index in [4.69, 9.17) is 14.7 Å². The van der Waals surface area contributed by atoms with Gasteiger partial charge < -0.3 is 34.6 Å². The van der Waals surface area contributed by atoms with Crippen molar-refractivity contribution in [2.75, 3.05) is 6.54 Å². The summed E-state index contributed by atoms with van der Waals surface area (Å²) in [6.45, 7) is 3.71. The molecule has 0 radical (unpaired) electrons. The van der Waals surface area contributed by atoms with Gasteiger partial charge in [-0.15, -0.1) is 0 Å². The van der Waals surface area contributed by atoms with Crippen molar-refractivity contribution in [2.45, 2.75) is 50.7 Å². The first kappa shape index (κ1) is 23.5. The monoisotopic (exact) mass is 341 g/mol. The third-order valence-corrected chi connectivity index (χ3v) is 6.69. The molecule has 0 fully saturated rings. The normalized spacial score (nSPS) is 19.6. The predicted molar refractivity (Wildman–Crippen MR) is 68.4 cm³/mol. The average molecular weight is 341 g/mol. The molecule has 11 heteroatoms. The van der Waals surface area contributed by atoms with Crippen LogP contribution in [0.3, 0.4) is 0 Å². The molecule has 0 aromatic heterocycles. The minimum atomic E-state index is -5.59. The van der Waals surface area contributed by atoms with Crippen LogP contribution in [-0.4, -0.2) is 37.5 Å². The maximum atomic E-state index is 11.0. The number of nitrogens with one attached hydrogen (secondary N) is 1. The van der Waals surface area contributed by atoms with Crippen LogP contribution in [0.25, 0.3) is 0 Å². The van der Waals surface area contributed by atoms with Gasteiger partial charge in [0.15, 0.2) is 7.60 Å². The van der Waals surface area contributed by atoms with E-state index in [9.17, 15) is 19.1 Å². The van der Waals surface area contributed by atoms with E-state index >= 15 is 0 Å². The van der Waals surface area contributed by atoms with Crippen LogP contribution in [0.4, 0.5) is 0 Å². The van der Waals surface area contributed by atoms with Crippen LogP contribution in [0.15, 0.2) is 0 Å². The number of unbranched alkanes of at least 4 members (excludes halogenated alkanes) is 1. The maximum absolute atomic E-state index is 11.0. The van der Waals surface area contributed by atoms with E-state index in [-0.39, 0.29) is 42.1 Å². The molecule has 0 amide bonds. The van der Waals surface area contributed by atoms with Gasteiger partial charge in [-0.25, -0.2) is 0 Å².